The van der Waals surface area contributed by atoms with E-state index in [4.69, 9.17) is 0 Å². The van der Waals surface area contributed by atoms with E-state index < -0.39 is 10.4 Å². The van der Waals surface area contributed by atoms with Crippen LogP contribution in [0.4, 0.5) is 0 Å². The van der Waals surface area contributed by atoms with E-state index in [-0.39, 0.29) is 5.78 Å². The molecule has 0 aromatic carbocycles. The highest BCUT2D eigenvalue weighted by atomic mass is 32.3. The van der Waals surface area contributed by atoms with Crippen molar-refractivity contribution >= 4 is 16.2 Å². The van der Waals surface area contributed by atoms with Crippen LogP contribution in [0.15, 0.2) is 12.2 Å². The van der Waals surface area contributed by atoms with Gasteiger partial charge in [-0.3, -0.25) is 8.98 Å². The van der Waals surface area contributed by atoms with Crippen LogP contribution < -0.4 is 0 Å². The molecule has 0 saturated carbocycles. The molecule has 0 heterocycles. The first-order chi connectivity index (χ1) is 7.39. The van der Waals surface area contributed by atoms with Gasteiger partial charge in [-0.25, -0.2) is 8.42 Å². The summed E-state index contributed by atoms with van der Waals surface area (Å²) < 4.78 is 31.9. The first-order valence-corrected chi connectivity index (χ1v) is 6.23. The first-order valence-electron chi connectivity index (χ1n) is 4.89. The summed E-state index contributed by atoms with van der Waals surface area (Å²) in [7, 11) is 2.62. The number of carbonyl (C=O) groups excluding carboxylic acids is 1. The molecule has 0 rings (SSSR count). The number of carbonyl (C=O) groups is 1. The van der Waals surface area contributed by atoms with E-state index in [0.29, 0.717) is 12.0 Å². The second kappa shape index (κ2) is 7.54. The van der Waals surface area contributed by atoms with E-state index in [1.165, 1.54) is 0 Å². The van der Waals surface area contributed by atoms with Gasteiger partial charge in [0.15, 0.2) is 5.78 Å². The van der Waals surface area contributed by atoms with Crippen LogP contribution in [-0.4, -0.2) is 58.0 Å². The maximum atomic E-state index is 11.1. The molecule has 0 bridgehead atoms. The number of allylic oxidation sites excluding steroid dienone is 1. The van der Waals surface area contributed by atoms with Crippen molar-refractivity contribution in [1.82, 2.24) is 0 Å². The lowest BCUT2D eigenvalue weighted by atomic mass is 10.1. The fourth-order valence-corrected chi connectivity index (χ4v) is 0.650. The monoisotopic (exact) mass is 267 g/mol. The van der Waals surface area contributed by atoms with Gasteiger partial charge in [0.05, 0.1) is 41.2 Å². The molecule has 0 aliphatic carbocycles. The van der Waals surface area contributed by atoms with Crippen LogP contribution in [0.1, 0.15) is 13.3 Å². The number of quaternary nitrogens is 1. The molecule has 0 spiro atoms. The van der Waals surface area contributed by atoms with Gasteiger partial charge in [-0.1, -0.05) is 6.58 Å². The van der Waals surface area contributed by atoms with Gasteiger partial charge in [0, 0.05) is 0 Å². The number of ketones is 1. The lowest BCUT2D eigenvalue weighted by Crippen LogP contribution is -2.36. The molecule has 17 heavy (non-hydrogen) atoms. The highest BCUT2D eigenvalue weighted by molar-refractivity contribution is 7.80. The van der Waals surface area contributed by atoms with Crippen molar-refractivity contribution in [3.05, 3.63) is 12.2 Å². The summed E-state index contributed by atoms with van der Waals surface area (Å²) in [5.74, 6) is 0.179. The van der Waals surface area contributed by atoms with Crippen LogP contribution in [0.3, 0.4) is 0 Å². The number of nitrogens with zero attached hydrogens (tertiary/aromatic N) is 1. The fourth-order valence-electron chi connectivity index (χ4n) is 0.650. The van der Waals surface area contributed by atoms with Crippen LogP contribution in [0, 0.1) is 0 Å². The molecule has 102 valence electrons. The first kappa shape index (κ1) is 18.6. The predicted octanol–water partition coefficient (Wildman–Crippen LogP) is 0.321. The van der Waals surface area contributed by atoms with Crippen molar-refractivity contribution in [3.8, 4) is 0 Å². The Kier molecular flexibility index (Phi) is 8.25. The minimum Gasteiger partial charge on any atom is -0.726 e. The lowest BCUT2D eigenvalue weighted by Gasteiger charge is -2.23. The zero-order valence-electron chi connectivity index (χ0n) is 11.0. The summed E-state index contributed by atoms with van der Waals surface area (Å²) in [5, 5.41) is 0. The maximum Gasteiger partial charge on any atom is 0.217 e. The zero-order valence-corrected chi connectivity index (χ0v) is 11.8. The van der Waals surface area contributed by atoms with E-state index in [1.807, 2.05) is 0 Å². The Morgan fingerprint density at radius 3 is 1.88 bits per heavy atom. The van der Waals surface area contributed by atoms with Gasteiger partial charge in [-0.2, -0.15) is 0 Å². The van der Waals surface area contributed by atoms with Gasteiger partial charge < -0.3 is 9.04 Å². The predicted molar refractivity (Wildman–Crippen MR) is 64.0 cm³/mol. The summed E-state index contributed by atoms with van der Waals surface area (Å²) in [6.07, 6.45) is 0.610. The number of Topliss-reactive ketones (excluding diaryl/α,β-unsaturated/α-hetero) is 1. The van der Waals surface area contributed by atoms with E-state index in [0.717, 1.165) is 18.1 Å². The average Bonchev–Trinajstić information content (AvgIpc) is 2.12. The van der Waals surface area contributed by atoms with Crippen molar-refractivity contribution < 1.29 is 26.4 Å². The summed E-state index contributed by atoms with van der Waals surface area (Å²) in [6, 6.07) is 0. The number of hydrogen-bond donors (Lipinski definition) is 0. The van der Waals surface area contributed by atoms with Gasteiger partial charge in [0.25, 0.3) is 0 Å². The normalized spacial score (nSPS) is 11.4. The third kappa shape index (κ3) is 17.8. The molecular formula is C10H21NO5S. The molecule has 0 N–H and O–H groups in total. The van der Waals surface area contributed by atoms with Crippen molar-refractivity contribution in [2.24, 2.45) is 0 Å². The molecule has 0 fully saturated rings. The van der Waals surface area contributed by atoms with Crippen molar-refractivity contribution in [1.29, 1.82) is 0 Å². The molecule has 0 unspecified atom stereocenters. The molecule has 0 aromatic rings. The molecule has 0 atom stereocenters. The molecule has 7 heteroatoms. The SMILES string of the molecule is C=C(C)C(=O)CC[N+](C)(C)C.COS(=O)(=O)[O-]. The van der Waals surface area contributed by atoms with E-state index in [9.17, 15) is 17.8 Å². The van der Waals surface area contributed by atoms with Crippen LogP contribution in [0.2, 0.25) is 0 Å². The average molecular weight is 267 g/mol. The third-order valence-corrected chi connectivity index (χ3v) is 2.10. The molecule has 6 nitrogen and oxygen atoms in total. The van der Waals surface area contributed by atoms with Crippen molar-refractivity contribution in [2.45, 2.75) is 13.3 Å². The Labute approximate surface area is 103 Å². The Bertz CT molecular complexity index is 353. The van der Waals surface area contributed by atoms with E-state index >= 15 is 0 Å². The van der Waals surface area contributed by atoms with Crippen molar-refractivity contribution in [3.63, 3.8) is 0 Å². The molecule has 0 aliphatic rings. The smallest absolute Gasteiger partial charge is 0.217 e. The molecule has 0 amide bonds. The highest BCUT2D eigenvalue weighted by Gasteiger charge is 2.10. The lowest BCUT2D eigenvalue weighted by molar-refractivity contribution is -0.869. The Hall–Kier alpha value is -0.760. The Balaban J connectivity index is 0. The molecule has 0 aliphatic heterocycles. The second-order valence-electron chi connectivity index (χ2n) is 4.54. The molecule has 0 aromatic heterocycles. The van der Waals surface area contributed by atoms with E-state index in [1.54, 1.807) is 6.92 Å². The van der Waals surface area contributed by atoms with Crippen LogP contribution >= 0.6 is 0 Å². The molecule has 0 radical (unpaired) electrons. The number of hydrogen-bond acceptors (Lipinski definition) is 5. The summed E-state index contributed by atoms with van der Waals surface area (Å²) in [5.41, 5.74) is 0.665. The quantitative estimate of drug-likeness (QED) is 0.310. The second-order valence-corrected chi connectivity index (χ2v) is 5.69. The minimum absolute atomic E-state index is 0.179. The zero-order chi connectivity index (χ0) is 14.3. The number of rotatable bonds is 5. The van der Waals surface area contributed by atoms with Gasteiger partial charge in [-0.15, -0.1) is 0 Å². The summed E-state index contributed by atoms with van der Waals surface area (Å²) in [6.45, 7) is 6.24. The summed E-state index contributed by atoms with van der Waals surface area (Å²) in [4.78, 5) is 11.1. The molecule has 0 saturated heterocycles. The van der Waals surface area contributed by atoms with Crippen LogP contribution in [0.5, 0.6) is 0 Å². The van der Waals surface area contributed by atoms with Gasteiger partial charge in [-0.05, 0) is 12.5 Å². The largest absolute Gasteiger partial charge is 0.726 e. The molecular weight excluding hydrogens is 246 g/mol. The van der Waals surface area contributed by atoms with Gasteiger partial charge >= 0.3 is 0 Å². The topological polar surface area (TPSA) is 83.5 Å². The third-order valence-electron chi connectivity index (χ3n) is 1.69. The standard InChI is InChI=1S/C9H18NO.CH4O4S/c1-8(2)9(11)6-7-10(3,4)5;1-5-6(2,3)4/h1,6-7H2,2-5H3;1H3,(H,2,3,4)/q+1;/p-1. The minimum atomic E-state index is -4.41. The maximum absolute atomic E-state index is 11.1. The van der Waals surface area contributed by atoms with Crippen LogP contribution in [-0.2, 0) is 19.4 Å². The fraction of sp³-hybridized carbons (Fsp3) is 0.700. The van der Waals surface area contributed by atoms with Crippen LogP contribution in [0.25, 0.3) is 0 Å². The highest BCUT2D eigenvalue weighted by Crippen LogP contribution is 1.99. The summed E-state index contributed by atoms with van der Waals surface area (Å²) >= 11 is 0. The van der Waals surface area contributed by atoms with E-state index in [2.05, 4.69) is 31.9 Å². The van der Waals surface area contributed by atoms with Crippen molar-refractivity contribution in [2.75, 3.05) is 34.8 Å². The Morgan fingerprint density at radius 2 is 1.71 bits per heavy atom. The van der Waals surface area contributed by atoms with Gasteiger partial charge in [0.1, 0.15) is 0 Å². The van der Waals surface area contributed by atoms with Gasteiger partial charge in [0.2, 0.25) is 10.4 Å². The Morgan fingerprint density at radius 1 is 1.35 bits per heavy atom.